The van der Waals surface area contributed by atoms with E-state index in [2.05, 4.69) is 6.92 Å². The molecular formula is C16H35NO2. The highest BCUT2D eigenvalue weighted by Crippen LogP contribution is 2.14. The van der Waals surface area contributed by atoms with Crippen LogP contribution >= 0.6 is 0 Å². The van der Waals surface area contributed by atoms with E-state index in [-0.39, 0.29) is 10.8 Å². The molecule has 0 aromatic rings. The maximum absolute atomic E-state index is 11.7. The fourth-order valence-electron chi connectivity index (χ4n) is 2.31. The Morgan fingerprint density at radius 1 is 0.842 bits per heavy atom. The molecule has 0 aliphatic heterocycles. The van der Waals surface area contributed by atoms with Crippen molar-refractivity contribution >= 4 is 0 Å². The molecule has 0 saturated carbocycles. The maximum atomic E-state index is 11.7. The third kappa shape index (κ3) is 10.3. The molecule has 116 valence electrons. The van der Waals surface area contributed by atoms with E-state index >= 15 is 0 Å². The molecule has 1 unspecified atom stereocenters. The summed E-state index contributed by atoms with van der Waals surface area (Å²) in [7, 11) is 0. The van der Waals surface area contributed by atoms with E-state index in [1.807, 2.05) is 20.8 Å². The Morgan fingerprint density at radius 3 is 1.79 bits per heavy atom. The number of hydrogen-bond donors (Lipinski definition) is 1. The smallest absolute Gasteiger partial charge is 0.121 e. The van der Waals surface area contributed by atoms with Crippen LogP contribution in [0.4, 0.5) is 0 Å². The van der Waals surface area contributed by atoms with E-state index in [0.29, 0.717) is 6.61 Å². The fourth-order valence-corrected chi connectivity index (χ4v) is 2.31. The van der Waals surface area contributed by atoms with Crippen LogP contribution in [0, 0.1) is 5.21 Å². The van der Waals surface area contributed by atoms with Gasteiger partial charge in [0.15, 0.2) is 0 Å². The monoisotopic (exact) mass is 273 g/mol. The van der Waals surface area contributed by atoms with Gasteiger partial charge in [-0.3, -0.25) is 0 Å². The van der Waals surface area contributed by atoms with Crippen LogP contribution in [-0.4, -0.2) is 12.1 Å². The van der Waals surface area contributed by atoms with Gasteiger partial charge >= 0.3 is 0 Å². The first-order valence-corrected chi connectivity index (χ1v) is 8.21. The minimum absolute atomic E-state index is 0.0467. The molecule has 0 fully saturated rings. The summed E-state index contributed by atoms with van der Waals surface area (Å²) < 4.78 is 0. The standard InChI is InChI=1S/C16H35NO2/c1-5-7-8-9-10-11-12-13-14-15-16(3,4)17(18)19-6-2/h17H,5-15H2,1-4H3. The van der Waals surface area contributed by atoms with Crippen molar-refractivity contribution in [2.75, 3.05) is 6.61 Å². The van der Waals surface area contributed by atoms with Crippen LogP contribution < -0.4 is 5.23 Å². The normalized spacial score (nSPS) is 13.7. The van der Waals surface area contributed by atoms with E-state index < -0.39 is 0 Å². The molecule has 0 rings (SSSR count). The number of unbranched alkanes of at least 4 members (excludes halogenated alkanes) is 8. The summed E-state index contributed by atoms with van der Waals surface area (Å²) in [4.78, 5) is 5.10. The van der Waals surface area contributed by atoms with Crippen molar-refractivity contribution in [3.8, 4) is 0 Å². The zero-order chi connectivity index (χ0) is 14.6. The fraction of sp³-hybridized carbons (Fsp3) is 1.00. The van der Waals surface area contributed by atoms with Crippen LogP contribution in [0.15, 0.2) is 0 Å². The molecule has 0 amide bonds. The number of nitrogens with one attached hydrogen (secondary N) is 1. The lowest BCUT2D eigenvalue weighted by atomic mass is 9.96. The predicted molar refractivity (Wildman–Crippen MR) is 81.9 cm³/mol. The highest BCUT2D eigenvalue weighted by molar-refractivity contribution is 4.65. The second kappa shape index (κ2) is 11.7. The van der Waals surface area contributed by atoms with Gasteiger partial charge in [-0.05, 0) is 27.2 Å². The molecular weight excluding hydrogens is 238 g/mol. The Balaban J connectivity index is 3.42. The van der Waals surface area contributed by atoms with E-state index in [4.69, 9.17) is 4.84 Å². The molecule has 0 saturated heterocycles. The lowest BCUT2D eigenvalue weighted by molar-refractivity contribution is -1.09. The summed E-state index contributed by atoms with van der Waals surface area (Å²) in [6, 6.07) is 0. The van der Waals surface area contributed by atoms with Crippen molar-refractivity contribution in [3.05, 3.63) is 5.21 Å². The largest absolute Gasteiger partial charge is 0.599 e. The first kappa shape index (κ1) is 18.9. The van der Waals surface area contributed by atoms with Crippen molar-refractivity contribution < 1.29 is 10.1 Å². The van der Waals surface area contributed by atoms with Gasteiger partial charge in [0.2, 0.25) is 0 Å². The second-order valence-electron chi connectivity index (χ2n) is 6.18. The van der Waals surface area contributed by atoms with E-state index in [9.17, 15) is 5.21 Å². The maximum Gasteiger partial charge on any atom is 0.121 e. The van der Waals surface area contributed by atoms with Gasteiger partial charge in [-0.1, -0.05) is 58.3 Å². The first-order chi connectivity index (χ1) is 9.04. The molecule has 0 heterocycles. The Labute approximate surface area is 120 Å². The Kier molecular flexibility index (Phi) is 11.6. The summed E-state index contributed by atoms with van der Waals surface area (Å²) in [5.41, 5.74) is -0.308. The van der Waals surface area contributed by atoms with Crippen LogP contribution in [0.2, 0.25) is 0 Å². The minimum atomic E-state index is -0.308. The van der Waals surface area contributed by atoms with Crippen LogP contribution in [0.5, 0.6) is 0 Å². The highest BCUT2D eigenvalue weighted by atomic mass is 16.9. The Morgan fingerprint density at radius 2 is 1.32 bits per heavy atom. The van der Waals surface area contributed by atoms with Crippen molar-refractivity contribution in [3.63, 3.8) is 0 Å². The summed E-state index contributed by atoms with van der Waals surface area (Å²) in [5.74, 6) is 0. The number of quaternary nitrogens is 1. The lowest BCUT2D eigenvalue weighted by Gasteiger charge is -2.35. The summed E-state index contributed by atoms with van der Waals surface area (Å²) in [5, 5.41) is 11.7. The van der Waals surface area contributed by atoms with Crippen molar-refractivity contribution in [1.29, 1.82) is 0 Å². The molecule has 0 aliphatic rings. The van der Waals surface area contributed by atoms with Crippen molar-refractivity contribution in [2.24, 2.45) is 0 Å². The van der Waals surface area contributed by atoms with Gasteiger partial charge in [0.05, 0.1) is 0 Å². The van der Waals surface area contributed by atoms with E-state index in [0.717, 1.165) is 12.8 Å². The zero-order valence-electron chi connectivity index (χ0n) is 13.6. The average molecular weight is 273 g/mol. The summed E-state index contributed by atoms with van der Waals surface area (Å²) >= 11 is 0. The zero-order valence-corrected chi connectivity index (χ0v) is 13.6. The molecule has 0 aromatic carbocycles. The predicted octanol–water partition coefficient (Wildman–Crippen LogP) is 4.02. The van der Waals surface area contributed by atoms with E-state index in [1.54, 1.807) is 0 Å². The van der Waals surface area contributed by atoms with Crippen LogP contribution in [0.3, 0.4) is 0 Å². The minimum Gasteiger partial charge on any atom is -0.599 e. The Hall–Kier alpha value is -0.120. The van der Waals surface area contributed by atoms with Crippen LogP contribution in [0.25, 0.3) is 0 Å². The quantitative estimate of drug-likeness (QED) is 0.406. The summed E-state index contributed by atoms with van der Waals surface area (Å²) in [6.07, 6.45) is 12.9. The Bertz CT molecular complexity index is 195. The molecule has 0 bridgehead atoms. The van der Waals surface area contributed by atoms with Gasteiger partial charge in [-0.25, -0.2) is 10.1 Å². The highest BCUT2D eigenvalue weighted by Gasteiger charge is 2.25. The number of hydrogen-bond acceptors (Lipinski definition) is 2. The molecule has 1 N–H and O–H groups in total. The van der Waals surface area contributed by atoms with Crippen LogP contribution in [0.1, 0.15) is 91.9 Å². The molecule has 0 radical (unpaired) electrons. The first-order valence-electron chi connectivity index (χ1n) is 8.21. The molecule has 3 nitrogen and oxygen atoms in total. The number of rotatable bonds is 13. The van der Waals surface area contributed by atoms with Crippen molar-refractivity contribution in [1.82, 2.24) is 0 Å². The molecule has 19 heavy (non-hydrogen) atoms. The van der Waals surface area contributed by atoms with Gasteiger partial charge < -0.3 is 5.21 Å². The molecule has 0 spiro atoms. The lowest BCUT2D eigenvalue weighted by Crippen LogP contribution is -3.14. The third-order valence-corrected chi connectivity index (χ3v) is 3.73. The molecule has 0 aliphatic carbocycles. The van der Waals surface area contributed by atoms with Gasteiger partial charge in [0.25, 0.3) is 0 Å². The SMILES string of the molecule is CCCCCCCCCCCC(C)(C)[NH+]([O-])OCC. The molecule has 3 heteroatoms. The third-order valence-electron chi connectivity index (χ3n) is 3.73. The van der Waals surface area contributed by atoms with Gasteiger partial charge in [0.1, 0.15) is 12.1 Å². The van der Waals surface area contributed by atoms with Crippen LogP contribution in [-0.2, 0) is 4.84 Å². The van der Waals surface area contributed by atoms with Gasteiger partial charge in [-0.15, -0.1) is 0 Å². The van der Waals surface area contributed by atoms with Gasteiger partial charge in [0, 0.05) is 6.42 Å². The number of hydroxylamine groups is 2. The molecule has 0 aromatic heterocycles. The second-order valence-corrected chi connectivity index (χ2v) is 6.18. The average Bonchev–Trinajstić information content (AvgIpc) is 2.37. The van der Waals surface area contributed by atoms with E-state index in [1.165, 1.54) is 51.4 Å². The topological polar surface area (TPSA) is 36.7 Å². The summed E-state index contributed by atoms with van der Waals surface area (Å²) in [6.45, 7) is 8.60. The van der Waals surface area contributed by atoms with Gasteiger partial charge in [-0.2, -0.15) is 0 Å². The van der Waals surface area contributed by atoms with Crippen molar-refractivity contribution in [2.45, 2.75) is 97.4 Å². The molecule has 1 atom stereocenters.